The minimum absolute atomic E-state index is 0.124. The van der Waals surface area contributed by atoms with E-state index in [2.05, 4.69) is 46.7 Å². The number of aromatic nitrogens is 4. The topological polar surface area (TPSA) is 78.5 Å². The number of aromatic amines is 1. The van der Waals surface area contributed by atoms with E-state index >= 15 is 0 Å². The summed E-state index contributed by atoms with van der Waals surface area (Å²) >= 11 is 3.46. The Bertz CT molecular complexity index is 1240. The summed E-state index contributed by atoms with van der Waals surface area (Å²) in [5.74, 6) is 0.921. The summed E-state index contributed by atoms with van der Waals surface area (Å²) in [5, 5.41) is 14.5. The molecule has 0 spiro atoms. The highest BCUT2D eigenvalue weighted by Gasteiger charge is 2.25. The number of hydrogen-bond donors (Lipinski definition) is 3. The molecule has 0 unspecified atom stereocenters. The van der Waals surface area contributed by atoms with Gasteiger partial charge in [0.15, 0.2) is 5.82 Å². The Labute approximate surface area is 179 Å². The first-order chi connectivity index (χ1) is 14.5. The van der Waals surface area contributed by atoms with Crippen LogP contribution in [0.1, 0.15) is 30.0 Å². The third-order valence-corrected chi connectivity index (χ3v) is 5.47. The van der Waals surface area contributed by atoms with Crippen LogP contribution in [0.5, 0.6) is 0 Å². The maximum Gasteiger partial charge on any atom is 0.225 e. The average Bonchev–Trinajstić information content (AvgIpc) is 3.46. The van der Waals surface area contributed by atoms with E-state index in [1.165, 1.54) is 25.0 Å². The van der Waals surface area contributed by atoms with Crippen molar-refractivity contribution in [2.75, 3.05) is 10.6 Å². The fourth-order valence-corrected chi connectivity index (χ4v) is 3.59. The number of nitrogens with one attached hydrogen (secondary N) is 3. The number of anilines is 3. The van der Waals surface area contributed by atoms with E-state index in [1.54, 1.807) is 0 Å². The lowest BCUT2D eigenvalue weighted by atomic mass is 10.2. The zero-order valence-corrected chi connectivity index (χ0v) is 17.3. The van der Waals surface area contributed by atoms with Gasteiger partial charge in [-0.25, -0.2) is 13.8 Å². The molecule has 0 aliphatic heterocycles. The quantitative estimate of drug-likeness (QED) is 0.340. The minimum atomic E-state index is -0.617. The smallest absolute Gasteiger partial charge is 0.225 e. The molecule has 4 aromatic rings. The Morgan fingerprint density at radius 2 is 1.93 bits per heavy atom. The molecule has 0 saturated heterocycles. The lowest BCUT2D eigenvalue weighted by molar-refractivity contribution is 0.574. The zero-order chi connectivity index (χ0) is 20.7. The van der Waals surface area contributed by atoms with Crippen molar-refractivity contribution in [3.63, 3.8) is 0 Å². The maximum atomic E-state index is 13.9. The number of halogens is 3. The van der Waals surface area contributed by atoms with E-state index in [4.69, 9.17) is 0 Å². The second kappa shape index (κ2) is 7.64. The number of fused-ring (bicyclic) bond motifs is 1. The molecule has 0 radical (unpaired) electrons. The lowest BCUT2D eigenvalue weighted by Crippen LogP contribution is -2.07. The van der Waals surface area contributed by atoms with Crippen LogP contribution in [0.2, 0.25) is 0 Å². The predicted molar refractivity (Wildman–Crippen MR) is 115 cm³/mol. The number of hydrogen-bond acceptors (Lipinski definition) is 5. The van der Waals surface area contributed by atoms with E-state index in [1.807, 2.05) is 24.3 Å². The van der Waals surface area contributed by atoms with Gasteiger partial charge in [-0.15, -0.1) is 0 Å². The van der Waals surface area contributed by atoms with Crippen molar-refractivity contribution in [1.29, 1.82) is 0 Å². The van der Waals surface area contributed by atoms with Crippen LogP contribution >= 0.6 is 15.9 Å². The molecule has 30 heavy (non-hydrogen) atoms. The Morgan fingerprint density at radius 1 is 1.07 bits per heavy atom. The maximum absolute atomic E-state index is 13.9. The largest absolute Gasteiger partial charge is 0.350 e. The van der Waals surface area contributed by atoms with Crippen molar-refractivity contribution >= 4 is 44.4 Å². The number of H-pyrrole nitrogens is 1. The molecular weight excluding hydrogens is 454 g/mol. The molecule has 9 heteroatoms. The van der Waals surface area contributed by atoms with Crippen LogP contribution in [-0.4, -0.2) is 20.2 Å². The molecule has 1 aliphatic carbocycles. The van der Waals surface area contributed by atoms with Gasteiger partial charge in [-0.2, -0.15) is 10.1 Å². The molecule has 2 heterocycles. The Balaban J connectivity index is 1.45. The van der Waals surface area contributed by atoms with Crippen LogP contribution < -0.4 is 10.6 Å². The highest BCUT2D eigenvalue weighted by Crippen LogP contribution is 2.40. The summed E-state index contributed by atoms with van der Waals surface area (Å²) in [7, 11) is 0. The highest BCUT2D eigenvalue weighted by atomic mass is 79.9. The van der Waals surface area contributed by atoms with Crippen LogP contribution in [0.3, 0.4) is 0 Å². The highest BCUT2D eigenvalue weighted by molar-refractivity contribution is 9.10. The van der Waals surface area contributed by atoms with Gasteiger partial charge in [0.1, 0.15) is 17.5 Å². The minimum Gasteiger partial charge on any atom is -0.350 e. The second-order valence-corrected chi connectivity index (χ2v) is 8.17. The van der Waals surface area contributed by atoms with Gasteiger partial charge < -0.3 is 10.6 Å². The van der Waals surface area contributed by atoms with Gasteiger partial charge in [0.2, 0.25) is 5.95 Å². The number of nitrogens with zero attached hydrogens (tertiary/aromatic N) is 3. The SMILES string of the molecule is Fc1ccc(CNc2nc(Nc3cc(C4CC4)[nH]n3)c3ccc(Br)cc3n2)c(F)c1. The molecular formula is C21H17BrF2N6. The van der Waals surface area contributed by atoms with Crippen LogP contribution in [0.15, 0.2) is 46.9 Å². The lowest BCUT2D eigenvalue weighted by Gasteiger charge is -2.11. The predicted octanol–water partition coefficient (Wildman–Crippen LogP) is 5.63. The summed E-state index contributed by atoms with van der Waals surface area (Å²) in [4.78, 5) is 9.09. The Hall–Kier alpha value is -3.07. The molecule has 5 rings (SSSR count). The standard InChI is InChI=1S/C21H17BrF2N6/c22-13-4-6-15-18(7-13)26-21(25-10-12-3-5-14(23)8-16(12)24)28-20(15)27-19-9-17(29-30-19)11-1-2-11/h3-9,11H,1-2,10H2,(H3,25,26,27,28,29,30). The molecule has 1 aliphatic rings. The van der Waals surface area contributed by atoms with Gasteiger partial charge >= 0.3 is 0 Å². The van der Waals surface area contributed by atoms with Crippen LogP contribution in [-0.2, 0) is 6.54 Å². The van der Waals surface area contributed by atoms with Gasteiger partial charge in [-0.3, -0.25) is 5.10 Å². The van der Waals surface area contributed by atoms with E-state index in [9.17, 15) is 8.78 Å². The number of rotatable bonds is 6. The van der Waals surface area contributed by atoms with Crippen LogP contribution in [0, 0.1) is 11.6 Å². The van der Waals surface area contributed by atoms with Gasteiger partial charge in [0.05, 0.1) is 5.52 Å². The Morgan fingerprint density at radius 3 is 2.73 bits per heavy atom. The van der Waals surface area contributed by atoms with Crippen LogP contribution in [0.4, 0.5) is 26.4 Å². The van der Waals surface area contributed by atoms with Crippen molar-refractivity contribution in [3.05, 3.63) is 69.8 Å². The molecule has 1 fully saturated rings. The van der Waals surface area contributed by atoms with Gasteiger partial charge in [0.25, 0.3) is 0 Å². The van der Waals surface area contributed by atoms with E-state index in [0.717, 1.165) is 21.6 Å². The third kappa shape index (κ3) is 3.97. The van der Waals surface area contributed by atoms with E-state index in [0.29, 0.717) is 34.6 Å². The second-order valence-electron chi connectivity index (χ2n) is 7.25. The number of benzene rings is 2. The van der Waals surface area contributed by atoms with Gasteiger partial charge in [-0.1, -0.05) is 22.0 Å². The molecule has 6 nitrogen and oxygen atoms in total. The van der Waals surface area contributed by atoms with Crippen LogP contribution in [0.25, 0.3) is 10.9 Å². The average molecular weight is 471 g/mol. The summed E-state index contributed by atoms with van der Waals surface area (Å²) in [6.07, 6.45) is 2.36. The summed E-state index contributed by atoms with van der Waals surface area (Å²) < 4.78 is 28.0. The monoisotopic (exact) mass is 470 g/mol. The molecule has 152 valence electrons. The summed E-state index contributed by atoms with van der Waals surface area (Å²) in [6, 6.07) is 11.2. The summed E-state index contributed by atoms with van der Waals surface area (Å²) in [5.41, 5.74) is 2.15. The first kappa shape index (κ1) is 18.9. The molecule has 0 bridgehead atoms. The van der Waals surface area contributed by atoms with Crippen molar-refractivity contribution in [3.8, 4) is 0 Å². The van der Waals surface area contributed by atoms with Crippen molar-refractivity contribution < 1.29 is 8.78 Å². The van der Waals surface area contributed by atoms with Crippen molar-refractivity contribution in [2.24, 2.45) is 0 Å². The zero-order valence-electron chi connectivity index (χ0n) is 15.7. The van der Waals surface area contributed by atoms with Gasteiger partial charge in [0, 0.05) is 45.7 Å². The van der Waals surface area contributed by atoms with Crippen molar-refractivity contribution in [2.45, 2.75) is 25.3 Å². The van der Waals surface area contributed by atoms with Gasteiger partial charge in [-0.05, 0) is 37.1 Å². The molecule has 2 aromatic carbocycles. The normalized spacial score (nSPS) is 13.6. The summed E-state index contributed by atoms with van der Waals surface area (Å²) in [6.45, 7) is 0.124. The van der Waals surface area contributed by atoms with E-state index in [-0.39, 0.29) is 6.54 Å². The fraction of sp³-hybridized carbons (Fsp3) is 0.190. The molecule has 1 saturated carbocycles. The first-order valence-electron chi connectivity index (χ1n) is 9.52. The fourth-order valence-electron chi connectivity index (χ4n) is 3.24. The molecule has 0 amide bonds. The van der Waals surface area contributed by atoms with E-state index < -0.39 is 11.6 Å². The first-order valence-corrected chi connectivity index (χ1v) is 10.3. The Kier molecular flexibility index (Phi) is 4.82. The third-order valence-electron chi connectivity index (χ3n) is 4.97. The molecule has 2 aromatic heterocycles. The van der Waals surface area contributed by atoms with Crippen molar-refractivity contribution in [1.82, 2.24) is 20.2 Å². The molecule has 3 N–H and O–H groups in total. The molecule has 0 atom stereocenters.